The first-order valence-corrected chi connectivity index (χ1v) is 13.2. The Hall–Kier alpha value is -3.51. The number of hydrogen-bond donors (Lipinski definition) is 0. The first kappa shape index (κ1) is 25.8. The van der Waals surface area contributed by atoms with Gasteiger partial charge in [-0.15, -0.1) is 0 Å². The molecule has 1 aliphatic carbocycles. The lowest BCUT2D eigenvalue weighted by molar-refractivity contribution is -0.137. The summed E-state index contributed by atoms with van der Waals surface area (Å²) in [5, 5.41) is 8.76. The molecule has 39 heavy (non-hydrogen) atoms. The van der Waals surface area contributed by atoms with Crippen molar-refractivity contribution in [2.75, 3.05) is 13.1 Å². The largest absolute Gasteiger partial charge is 0.416 e. The number of Topliss-reactive ketones (excluding diaryl/α,β-unsaturated/α-hetero) is 1. The van der Waals surface area contributed by atoms with Crippen molar-refractivity contribution in [1.82, 2.24) is 28.9 Å². The van der Waals surface area contributed by atoms with Gasteiger partial charge in [-0.25, -0.2) is 13.4 Å². The maximum Gasteiger partial charge on any atom is 0.416 e. The molecule has 1 saturated heterocycles. The maximum atomic E-state index is 14.2. The van der Waals surface area contributed by atoms with E-state index in [1.54, 1.807) is 33.9 Å². The second kappa shape index (κ2) is 9.60. The smallest absolute Gasteiger partial charge is 0.292 e. The Morgan fingerprint density at radius 1 is 1.13 bits per heavy atom. The van der Waals surface area contributed by atoms with Gasteiger partial charge < -0.3 is 0 Å². The van der Waals surface area contributed by atoms with Gasteiger partial charge in [0.2, 0.25) is 0 Å². The van der Waals surface area contributed by atoms with Crippen molar-refractivity contribution in [3.8, 4) is 5.69 Å². The first-order valence-electron chi connectivity index (χ1n) is 12.4. The number of carbonyl (C=O) groups is 1. The molecule has 0 bridgehead atoms. The topological polar surface area (TPSA) is 68.8 Å². The number of fused-ring (bicyclic) bond motifs is 2. The lowest BCUT2D eigenvalue weighted by Gasteiger charge is -2.49. The zero-order chi connectivity index (χ0) is 27.4. The number of carbonyl (C=O) groups excluding carboxylic acids is 1. The Labute approximate surface area is 226 Å². The van der Waals surface area contributed by atoms with Gasteiger partial charge >= 0.3 is 6.18 Å². The van der Waals surface area contributed by atoms with Crippen molar-refractivity contribution in [2.24, 2.45) is 18.4 Å². The summed E-state index contributed by atoms with van der Waals surface area (Å²) in [4.78, 5) is 19.2. The molecule has 2 aliphatic rings. The summed E-state index contributed by atoms with van der Waals surface area (Å²) in [6, 6.07) is 7.77. The number of hydrogen-bond acceptors (Lipinski definition) is 6. The van der Waals surface area contributed by atoms with Gasteiger partial charge in [0.05, 0.1) is 34.0 Å². The van der Waals surface area contributed by atoms with Crippen LogP contribution in [0.25, 0.3) is 5.69 Å². The molecule has 7 nitrogen and oxygen atoms in total. The Balaban J connectivity index is 1.39. The van der Waals surface area contributed by atoms with Crippen LogP contribution >= 0.6 is 11.9 Å². The highest BCUT2D eigenvalue weighted by Crippen LogP contribution is 2.49. The van der Waals surface area contributed by atoms with Crippen LogP contribution in [0.15, 0.2) is 66.1 Å². The van der Waals surface area contributed by atoms with Crippen molar-refractivity contribution < 1.29 is 22.4 Å². The summed E-state index contributed by atoms with van der Waals surface area (Å²) in [5.41, 5.74) is 0.420. The SMILES string of the molecule is Cn1cc(SN2CCC3Cc4c(cnn4-c4ccc(F)cc4)C[C@]3(C(=O)c3cc(C(F)(F)F)ccn3)C2)cn1. The standard InChI is InChI=1S/C27H24F4N6OS/c1-35-15-22(14-33-35)39-36-9-7-18-11-24-17(13-34-37(24)21-4-2-20(28)3-5-21)12-26(18,16-36)25(38)23-10-19(6-8-32-23)27(29,30)31/h2-6,8,10,13-15,18H,7,9,11-12,16H2,1H3/t18?,26-/m0/s1. The van der Waals surface area contributed by atoms with Crippen molar-refractivity contribution in [3.05, 3.63) is 89.5 Å². The summed E-state index contributed by atoms with van der Waals surface area (Å²) in [7, 11) is 1.82. The van der Waals surface area contributed by atoms with E-state index in [-0.39, 0.29) is 17.4 Å². The number of alkyl halides is 3. The summed E-state index contributed by atoms with van der Waals surface area (Å²) in [6.07, 6.45) is 3.28. The van der Waals surface area contributed by atoms with Gasteiger partial charge in [0.15, 0.2) is 5.78 Å². The molecule has 3 aromatic heterocycles. The summed E-state index contributed by atoms with van der Waals surface area (Å²) in [5.74, 6) is -0.887. The second-order valence-corrected chi connectivity index (χ2v) is 11.3. The molecule has 1 aliphatic heterocycles. The van der Waals surface area contributed by atoms with E-state index in [1.807, 2.05) is 13.2 Å². The summed E-state index contributed by atoms with van der Waals surface area (Å²) < 4.78 is 59.6. The van der Waals surface area contributed by atoms with E-state index in [1.165, 1.54) is 24.1 Å². The average molecular weight is 557 g/mol. The highest BCUT2D eigenvalue weighted by molar-refractivity contribution is 7.97. The third-order valence-corrected chi connectivity index (χ3v) is 8.62. The highest BCUT2D eigenvalue weighted by atomic mass is 32.2. The third-order valence-electron chi connectivity index (χ3n) is 7.63. The van der Waals surface area contributed by atoms with Crippen LogP contribution in [0, 0.1) is 17.2 Å². The van der Waals surface area contributed by atoms with Crippen LogP contribution < -0.4 is 0 Å². The number of nitrogens with zero attached hydrogens (tertiary/aromatic N) is 6. The van der Waals surface area contributed by atoms with Crippen LogP contribution in [0.3, 0.4) is 0 Å². The van der Waals surface area contributed by atoms with E-state index in [0.717, 1.165) is 34.5 Å². The Morgan fingerprint density at radius 2 is 1.92 bits per heavy atom. The fourth-order valence-corrected chi connectivity index (χ4v) is 6.83. The molecular weight excluding hydrogens is 532 g/mol. The molecule has 0 N–H and O–H groups in total. The van der Waals surface area contributed by atoms with Crippen molar-refractivity contribution in [2.45, 2.75) is 30.3 Å². The van der Waals surface area contributed by atoms with Crippen LogP contribution in [0.2, 0.25) is 0 Å². The molecule has 0 spiro atoms. The fourth-order valence-electron chi connectivity index (χ4n) is 5.74. The molecule has 0 amide bonds. The maximum absolute atomic E-state index is 14.2. The van der Waals surface area contributed by atoms with Gasteiger partial charge in [-0.05, 0) is 79.1 Å². The minimum atomic E-state index is -4.58. The van der Waals surface area contributed by atoms with Gasteiger partial charge in [-0.3, -0.25) is 14.5 Å². The fraction of sp³-hybridized carbons (Fsp3) is 0.333. The van der Waals surface area contributed by atoms with Crippen LogP contribution in [-0.2, 0) is 26.1 Å². The zero-order valence-electron chi connectivity index (χ0n) is 20.9. The number of ketones is 1. The third kappa shape index (κ3) is 4.76. The molecule has 2 atom stereocenters. The number of aromatic nitrogens is 5. The summed E-state index contributed by atoms with van der Waals surface area (Å²) in [6.45, 7) is 1.03. The molecule has 4 heterocycles. The number of halogens is 4. The van der Waals surface area contributed by atoms with Gasteiger partial charge in [0, 0.05) is 38.2 Å². The molecule has 0 radical (unpaired) electrons. The molecule has 1 aromatic carbocycles. The monoisotopic (exact) mass is 556 g/mol. The first-order chi connectivity index (χ1) is 18.6. The molecule has 1 unspecified atom stereocenters. The number of aryl methyl sites for hydroxylation is 1. The normalized spacial score (nSPS) is 21.4. The van der Waals surface area contributed by atoms with Crippen molar-refractivity contribution in [1.29, 1.82) is 0 Å². The van der Waals surface area contributed by atoms with E-state index in [0.29, 0.717) is 38.0 Å². The van der Waals surface area contributed by atoms with E-state index >= 15 is 0 Å². The van der Waals surface area contributed by atoms with Crippen LogP contribution in [0.1, 0.15) is 33.7 Å². The highest BCUT2D eigenvalue weighted by Gasteiger charge is 2.53. The van der Waals surface area contributed by atoms with Crippen LogP contribution in [0.5, 0.6) is 0 Å². The molecule has 1 fully saturated rings. The zero-order valence-corrected chi connectivity index (χ0v) is 21.7. The minimum Gasteiger partial charge on any atom is -0.292 e. The quantitative estimate of drug-likeness (QED) is 0.192. The Bertz CT molecular complexity index is 1530. The van der Waals surface area contributed by atoms with E-state index < -0.39 is 22.9 Å². The number of piperidine rings is 1. The van der Waals surface area contributed by atoms with Gasteiger partial charge in [0.1, 0.15) is 11.5 Å². The number of pyridine rings is 1. The Kier molecular flexibility index (Phi) is 6.34. The lowest BCUT2D eigenvalue weighted by atomic mass is 9.60. The average Bonchev–Trinajstić information content (AvgIpc) is 3.52. The predicted octanol–water partition coefficient (Wildman–Crippen LogP) is 5.16. The molecule has 0 saturated carbocycles. The second-order valence-electron chi connectivity index (χ2n) is 10.1. The van der Waals surface area contributed by atoms with Gasteiger partial charge in [0.25, 0.3) is 0 Å². The Morgan fingerprint density at radius 3 is 2.64 bits per heavy atom. The van der Waals surface area contributed by atoms with E-state index in [9.17, 15) is 22.4 Å². The molecule has 6 rings (SSSR count). The molecular formula is C27H24F4N6OS. The minimum absolute atomic E-state index is 0.143. The lowest BCUT2D eigenvalue weighted by Crippen LogP contribution is -2.55. The van der Waals surface area contributed by atoms with Crippen LogP contribution in [-0.4, -0.2) is 47.7 Å². The molecule has 12 heteroatoms. The number of benzene rings is 1. The van der Waals surface area contributed by atoms with Crippen LogP contribution in [0.4, 0.5) is 17.6 Å². The van der Waals surface area contributed by atoms with Gasteiger partial charge in [-0.2, -0.15) is 23.4 Å². The van der Waals surface area contributed by atoms with Gasteiger partial charge in [-0.1, -0.05) is 0 Å². The summed E-state index contributed by atoms with van der Waals surface area (Å²) >= 11 is 1.49. The molecule has 4 aromatic rings. The van der Waals surface area contributed by atoms with E-state index in [4.69, 9.17) is 0 Å². The van der Waals surface area contributed by atoms with E-state index in [2.05, 4.69) is 19.5 Å². The van der Waals surface area contributed by atoms with Crippen molar-refractivity contribution in [3.63, 3.8) is 0 Å². The molecule has 202 valence electrons. The number of rotatable bonds is 5. The predicted molar refractivity (Wildman–Crippen MR) is 136 cm³/mol. The van der Waals surface area contributed by atoms with Crippen molar-refractivity contribution >= 4 is 17.7 Å².